The molecule has 0 radical (unpaired) electrons. The number of carbonyl (C=O) groups is 4. The first-order valence-electron chi connectivity index (χ1n) is 12.1. The monoisotopic (exact) mass is 625 g/mol. The predicted octanol–water partition coefficient (Wildman–Crippen LogP) is -1.98. The van der Waals surface area contributed by atoms with Crippen molar-refractivity contribution in [2.75, 3.05) is 30.4 Å². The lowest BCUT2D eigenvalue weighted by atomic mass is 10.0. The fourth-order valence-electron chi connectivity index (χ4n) is 4.04. The number of anilines is 1. The van der Waals surface area contributed by atoms with Gasteiger partial charge in [-0.05, 0) is 29.0 Å². The summed E-state index contributed by atoms with van der Waals surface area (Å²) in [5.74, 6) is -3.01. The second-order valence-corrected chi connectivity index (χ2v) is 11.5. The molecular formula is C20H23N11O7S3. The van der Waals surface area contributed by atoms with Gasteiger partial charge in [0.15, 0.2) is 5.13 Å². The molecule has 2 saturated heterocycles. The molecule has 0 aromatic carbocycles. The van der Waals surface area contributed by atoms with Crippen molar-refractivity contribution in [3.05, 3.63) is 17.1 Å². The van der Waals surface area contributed by atoms with E-state index in [1.807, 2.05) is 0 Å². The molecule has 2 aromatic rings. The summed E-state index contributed by atoms with van der Waals surface area (Å²) < 4.78 is 10.4. The van der Waals surface area contributed by atoms with Crippen LogP contribution in [-0.4, -0.2) is 111 Å². The molecule has 0 bridgehead atoms. The largest absolute Gasteiger partial charge is 0.477 e. The van der Waals surface area contributed by atoms with Crippen molar-refractivity contribution in [1.29, 1.82) is 0 Å². The zero-order chi connectivity index (χ0) is 29.1. The third-order valence-corrected chi connectivity index (χ3v) is 8.94. The topological polar surface area (TPSA) is 256 Å². The van der Waals surface area contributed by atoms with Crippen LogP contribution in [0.1, 0.15) is 18.7 Å². The van der Waals surface area contributed by atoms with Crippen LogP contribution in [0.5, 0.6) is 0 Å². The van der Waals surface area contributed by atoms with Crippen molar-refractivity contribution in [2.24, 2.45) is 10.9 Å². The maximum atomic E-state index is 13.2. The van der Waals surface area contributed by atoms with Crippen LogP contribution in [0.3, 0.4) is 0 Å². The number of nitrogens with one attached hydrogen (secondary N) is 1. The number of oxime groups is 1. The number of nitrogens with two attached hydrogens (primary N) is 2. The van der Waals surface area contributed by atoms with E-state index < -0.39 is 47.0 Å². The van der Waals surface area contributed by atoms with Crippen LogP contribution < -0.4 is 16.8 Å². The molecule has 5 heterocycles. The molecule has 3 aliphatic heterocycles. The third kappa shape index (κ3) is 5.96. The van der Waals surface area contributed by atoms with E-state index in [2.05, 4.69) is 35.4 Å². The highest BCUT2D eigenvalue weighted by molar-refractivity contribution is 8.01. The molecule has 6 N–H and O–H groups in total. The van der Waals surface area contributed by atoms with Crippen molar-refractivity contribution in [3.63, 3.8) is 0 Å². The van der Waals surface area contributed by atoms with E-state index in [1.165, 1.54) is 23.5 Å². The number of amides is 2. The number of aliphatic carboxylic acids is 1. The summed E-state index contributed by atoms with van der Waals surface area (Å²) in [7, 11) is 0. The number of fused-ring (bicyclic) bond motifs is 1. The Hall–Kier alpha value is -3.82. The number of nitrogen functional groups attached to an aromatic ring is 1. The molecular weight excluding hydrogens is 602 g/mol. The number of hydrogen-bond acceptors (Lipinski definition) is 17. The fourth-order valence-corrected chi connectivity index (χ4v) is 6.86. The van der Waals surface area contributed by atoms with Crippen LogP contribution in [-0.2, 0) is 35.3 Å². The van der Waals surface area contributed by atoms with Gasteiger partial charge in [-0.25, -0.2) is 14.3 Å². The number of cyclic esters (lactones) is 1. The number of carboxylic acids is 1. The Kier molecular flexibility index (Phi) is 8.65. The van der Waals surface area contributed by atoms with E-state index in [0.717, 1.165) is 16.4 Å². The standard InChI is InChI=1S/C20H23N11O7S3/c21-3-1-4-30-20(25-28-29-30)40-7-8-6-39-16-11(15(33)31(16)12(8)17(34)35)23-14(32)10(13-24-19(22)41-27-13)26-38-9-2-5-37-18(9)36/h9,11,16H,1-7,21H2,(H,23,32)(H,34,35)(H2,22,24,27)/t9?,11?,16-/m0/s1. The Morgan fingerprint density at radius 2 is 2.17 bits per heavy atom. The Balaban J connectivity index is 1.29. The van der Waals surface area contributed by atoms with Gasteiger partial charge >= 0.3 is 11.9 Å². The summed E-state index contributed by atoms with van der Waals surface area (Å²) in [6.45, 7) is 1.14. The van der Waals surface area contributed by atoms with Crippen LogP contribution in [0.25, 0.3) is 0 Å². The van der Waals surface area contributed by atoms with Crippen molar-refractivity contribution >= 4 is 69.7 Å². The molecule has 18 nitrogen and oxygen atoms in total. The number of ether oxygens (including phenoxy) is 1. The van der Waals surface area contributed by atoms with Gasteiger partial charge in [0.05, 0.1) is 6.61 Å². The smallest absolute Gasteiger partial charge is 0.352 e. The highest BCUT2D eigenvalue weighted by Crippen LogP contribution is 2.41. The molecule has 218 valence electrons. The lowest BCUT2D eigenvalue weighted by molar-refractivity contribution is -0.150. The zero-order valence-corrected chi connectivity index (χ0v) is 23.5. The fraction of sp³-hybridized carbons (Fsp3) is 0.500. The van der Waals surface area contributed by atoms with Gasteiger partial charge in [-0.1, -0.05) is 16.9 Å². The molecule has 21 heteroatoms. The molecule has 2 fully saturated rings. The number of aromatic nitrogens is 6. The van der Waals surface area contributed by atoms with Crippen molar-refractivity contribution in [2.45, 2.75) is 42.1 Å². The van der Waals surface area contributed by atoms with Crippen molar-refractivity contribution in [3.8, 4) is 0 Å². The first kappa shape index (κ1) is 28.7. The Morgan fingerprint density at radius 1 is 1.34 bits per heavy atom. The van der Waals surface area contributed by atoms with Crippen LogP contribution in [0.4, 0.5) is 5.13 Å². The molecule has 2 aromatic heterocycles. The lowest BCUT2D eigenvalue weighted by Gasteiger charge is -2.49. The van der Waals surface area contributed by atoms with Gasteiger partial charge in [-0.2, -0.15) is 9.36 Å². The van der Waals surface area contributed by atoms with Gasteiger partial charge in [-0.15, -0.1) is 16.9 Å². The van der Waals surface area contributed by atoms with Crippen LogP contribution in [0.2, 0.25) is 0 Å². The number of rotatable bonds is 12. The number of tetrazole rings is 1. The molecule has 3 atom stereocenters. The zero-order valence-electron chi connectivity index (χ0n) is 21.0. The van der Waals surface area contributed by atoms with Gasteiger partial charge in [0, 0.05) is 36.0 Å². The van der Waals surface area contributed by atoms with E-state index in [4.69, 9.17) is 21.0 Å². The average molecular weight is 626 g/mol. The molecule has 2 amide bonds. The maximum absolute atomic E-state index is 13.2. The second kappa shape index (κ2) is 12.4. The quantitative estimate of drug-likeness (QED) is 0.0655. The minimum Gasteiger partial charge on any atom is -0.477 e. The average Bonchev–Trinajstić information content (AvgIpc) is 3.70. The second-order valence-electron chi connectivity index (χ2n) is 8.68. The summed E-state index contributed by atoms with van der Waals surface area (Å²) in [6.07, 6.45) is -0.0911. The SMILES string of the molecule is NCCCn1nnnc1SCC1=C(C(=O)O)N2C(=O)C(NC(=O)C(=NOC3CCOC3=O)c3nsc(N)n3)[C@@H]2SC1. The Morgan fingerprint density at radius 3 is 2.85 bits per heavy atom. The van der Waals surface area contributed by atoms with E-state index in [1.54, 1.807) is 4.68 Å². The summed E-state index contributed by atoms with van der Waals surface area (Å²) in [4.78, 5) is 60.6. The number of thioether (sulfide) groups is 2. The number of esters is 1. The predicted molar refractivity (Wildman–Crippen MR) is 143 cm³/mol. The first-order chi connectivity index (χ1) is 19.8. The number of carboxylic acid groups (broad SMARTS) is 1. The van der Waals surface area contributed by atoms with Gasteiger partial charge < -0.3 is 31.5 Å². The maximum Gasteiger partial charge on any atom is 0.352 e. The molecule has 5 rings (SSSR count). The lowest BCUT2D eigenvalue weighted by Crippen LogP contribution is -2.71. The van der Waals surface area contributed by atoms with E-state index in [9.17, 15) is 24.3 Å². The van der Waals surface area contributed by atoms with Crippen molar-refractivity contribution in [1.82, 2.24) is 39.8 Å². The Labute approximate surface area is 243 Å². The van der Waals surface area contributed by atoms with Crippen LogP contribution in [0, 0.1) is 0 Å². The third-order valence-electron chi connectivity index (χ3n) is 6.01. The minimum absolute atomic E-state index is 0.0598. The van der Waals surface area contributed by atoms with Crippen LogP contribution in [0.15, 0.2) is 21.6 Å². The molecule has 2 unspecified atom stereocenters. The number of carbonyl (C=O) groups excluding carboxylic acids is 3. The molecule has 3 aliphatic rings. The summed E-state index contributed by atoms with van der Waals surface area (Å²) in [5, 5.41) is 27.7. The van der Waals surface area contributed by atoms with Crippen molar-refractivity contribution < 1.29 is 33.9 Å². The van der Waals surface area contributed by atoms with E-state index in [-0.39, 0.29) is 41.2 Å². The molecule has 41 heavy (non-hydrogen) atoms. The van der Waals surface area contributed by atoms with Gasteiger partial charge in [0.2, 0.25) is 22.8 Å². The number of hydrogen-bond donors (Lipinski definition) is 4. The number of aryl methyl sites for hydroxylation is 1. The highest BCUT2D eigenvalue weighted by Gasteiger charge is 2.54. The normalized spacial score (nSPS) is 22.3. The number of β-lactam (4-membered cyclic amide) rings is 1. The Bertz CT molecular complexity index is 1430. The molecule has 0 saturated carbocycles. The van der Waals surface area contributed by atoms with Crippen LogP contribution >= 0.6 is 35.1 Å². The van der Waals surface area contributed by atoms with Gasteiger partial charge in [0.1, 0.15) is 17.1 Å². The highest BCUT2D eigenvalue weighted by atomic mass is 32.2. The van der Waals surface area contributed by atoms with E-state index >= 15 is 0 Å². The minimum atomic E-state index is -1.27. The van der Waals surface area contributed by atoms with E-state index in [0.29, 0.717) is 30.2 Å². The molecule has 0 aliphatic carbocycles. The number of nitrogens with zero attached hydrogens (tertiary/aromatic N) is 8. The summed E-state index contributed by atoms with van der Waals surface area (Å²) in [6, 6.07) is -1.06. The van der Waals surface area contributed by atoms with Gasteiger partial charge in [-0.3, -0.25) is 14.5 Å². The molecule has 0 spiro atoms. The van der Waals surface area contributed by atoms with Gasteiger partial charge in [0.25, 0.3) is 11.8 Å². The summed E-state index contributed by atoms with van der Waals surface area (Å²) >= 11 is 3.36. The first-order valence-corrected chi connectivity index (χ1v) is 14.9. The summed E-state index contributed by atoms with van der Waals surface area (Å²) in [5.41, 5.74) is 11.2.